The average molecular weight is 936 g/mol. The molecule has 0 aromatic heterocycles. The van der Waals surface area contributed by atoms with Gasteiger partial charge in [-0.05, 0) is 57.4 Å². The zero-order valence-corrected chi connectivity index (χ0v) is 44.8. The summed E-state index contributed by atoms with van der Waals surface area (Å²) in [5.41, 5.74) is 0. The first-order valence-electron chi connectivity index (χ1n) is 29.1. The Labute approximate surface area is 410 Å². The summed E-state index contributed by atoms with van der Waals surface area (Å²) in [6.45, 7) is 15.1. The van der Waals surface area contributed by atoms with E-state index in [1.807, 2.05) is 0 Å². The van der Waals surface area contributed by atoms with Crippen molar-refractivity contribution in [2.45, 2.75) is 271 Å². The van der Waals surface area contributed by atoms with E-state index in [0.717, 1.165) is 32.7 Å². The van der Waals surface area contributed by atoms with Crippen LogP contribution in [0.25, 0.3) is 0 Å². The fraction of sp³-hybridized carbons (Fsp3) is 0.965. The SMILES string of the molecule is CCCCCCCCC(CCCCCCCC)CNC(=O)CCOCC(CN(C)CCN(CCO)C1CCCCCC1)OCCC(=O)NCC(CCCCCCCC)CCCCCCCC. The minimum atomic E-state index is -0.206. The highest BCUT2D eigenvalue weighted by molar-refractivity contribution is 5.76. The zero-order chi connectivity index (χ0) is 48.0. The third-order valence-electron chi connectivity index (χ3n) is 14.5. The Morgan fingerprint density at radius 2 is 0.955 bits per heavy atom. The van der Waals surface area contributed by atoms with Gasteiger partial charge in [0.05, 0.1) is 32.5 Å². The zero-order valence-electron chi connectivity index (χ0n) is 44.8. The molecule has 0 aliphatic heterocycles. The van der Waals surface area contributed by atoms with Gasteiger partial charge in [-0.2, -0.15) is 0 Å². The van der Waals surface area contributed by atoms with Crippen molar-refractivity contribution >= 4 is 11.8 Å². The molecule has 9 nitrogen and oxygen atoms in total. The number of aliphatic hydroxyl groups excluding tert-OH is 1. The van der Waals surface area contributed by atoms with E-state index in [0.29, 0.717) is 57.1 Å². The quantitative estimate of drug-likeness (QED) is 0.0412. The summed E-state index contributed by atoms with van der Waals surface area (Å²) in [6.07, 6.45) is 44.4. The van der Waals surface area contributed by atoms with E-state index in [9.17, 15) is 14.7 Å². The van der Waals surface area contributed by atoms with Crippen molar-refractivity contribution in [2.24, 2.45) is 11.8 Å². The number of ether oxygens (including phenoxy) is 2. The van der Waals surface area contributed by atoms with Crippen LogP contribution >= 0.6 is 0 Å². The smallest absolute Gasteiger partial charge is 0.222 e. The van der Waals surface area contributed by atoms with Crippen molar-refractivity contribution in [3.05, 3.63) is 0 Å². The van der Waals surface area contributed by atoms with Crippen LogP contribution < -0.4 is 10.6 Å². The third-order valence-corrected chi connectivity index (χ3v) is 14.5. The van der Waals surface area contributed by atoms with Gasteiger partial charge >= 0.3 is 0 Å². The normalized spacial score (nSPS) is 14.2. The lowest BCUT2D eigenvalue weighted by molar-refractivity contribution is -0.125. The second-order valence-corrected chi connectivity index (χ2v) is 20.8. The van der Waals surface area contributed by atoms with Crippen LogP contribution in [0.4, 0.5) is 0 Å². The molecule has 1 aliphatic carbocycles. The molecule has 3 N–H and O–H groups in total. The van der Waals surface area contributed by atoms with Crippen LogP contribution in [0.3, 0.4) is 0 Å². The van der Waals surface area contributed by atoms with Gasteiger partial charge in [0.2, 0.25) is 11.8 Å². The molecule has 0 saturated heterocycles. The highest BCUT2D eigenvalue weighted by Gasteiger charge is 2.22. The van der Waals surface area contributed by atoms with E-state index in [-0.39, 0.29) is 24.5 Å². The molecule has 0 heterocycles. The Balaban J connectivity index is 2.75. The molecule has 1 atom stereocenters. The maximum atomic E-state index is 13.2. The van der Waals surface area contributed by atoms with E-state index in [1.54, 1.807) is 0 Å². The van der Waals surface area contributed by atoms with Gasteiger partial charge in [-0.3, -0.25) is 14.5 Å². The Hall–Kier alpha value is -1.26. The summed E-state index contributed by atoms with van der Waals surface area (Å²) in [7, 11) is 2.14. The van der Waals surface area contributed by atoms with Crippen LogP contribution in [0, 0.1) is 11.8 Å². The molecular weight excluding hydrogens is 821 g/mol. The van der Waals surface area contributed by atoms with Crippen LogP contribution in [0.1, 0.15) is 259 Å². The van der Waals surface area contributed by atoms with Gasteiger partial charge in [0.25, 0.3) is 0 Å². The van der Waals surface area contributed by atoms with E-state index in [4.69, 9.17) is 9.47 Å². The van der Waals surface area contributed by atoms with Gasteiger partial charge in [-0.15, -0.1) is 0 Å². The van der Waals surface area contributed by atoms with E-state index >= 15 is 0 Å². The van der Waals surface area contributed by atoms with Crippen molar-refractivity contribution in [3.8, 4) is 0 Å². The molecule has 1 aliphatic rings. The van der Waals surface area contributed by atoms with Crippen molar-refractivity contribution in [1.29, 1.82) is 0 Å². The monoisotopic (exact) mass is 935 g/mol. The molecule has 1 fully saturated rings. The highest BCUT2D eigenvalue weighted by Crippen LogP contribution is 2.23. The van der Waals surface area contributed by atoms with E-state index in [2.05, 4.69) is 55.2 Å². The van der Waals surface area contributed by atoms with Gasteiger partial charge in [-0.25, -0.2) is 0 Å². The number of unbranched alkanes of at least 4 members (excludes halogenated alkanes) is 20. The highest BCUT2D eigenvalue weighted by atomic mass is 16.5. The Morgan fingerprint density at radius 1 is 0.545 bits per heavy atom. The Bertz CT molecular complexity index is 1010. The maximum Gasteiger partial charge on any atom is 0.222 e. The van der Waals surface area contributed by atoms with Crippen LogP contribution in [0.15, 0.2) is 0 Å². The Morgan fingerprint density at radius 3 is 1.38 bits per heavy atom. The van der Waals surface area contributed by atoms with E-state index < -0.39 is 0 Å². The topological polar surface area (TPSA) is 103 Å². The van der Waals surface area contributed by atoms with E-state index in [1.165, 1.54) is 218 Å². The minimum absolute atomic E-state index is 0.0740. The lowest BCUT2D eigenvalue weighted by atomic mass is 9.94. The lowest BCUT2D eigenvalue weighted by Crippen LogP contribution is -2.44. The second-order valence-electron chi connectivity index (χ2n) is 20.8. The number of hydrogen-bond donors (Lipinski definition) is 3. The predicted octanol–water partition coefficient (Wildman–Crippen LogP) is 13.6. The summed E-state index contributed by atoms with van der Waals surface area (Å²) < 4.78 is 12.6. The fourth-order valence-electron chi connectivity index (χ4n) is 10.1. The van der Waals surface area contributed by atoms with Gasteiger partial charge in [-0.1, -0.05) is 207 Å². The summed E-state index contributed by atoms with van der Waals surface area (Å²) >= 11 is 0. The molecular formula is C57H114N4O5. The molecule has 0 spiro atoms. The predicted molar refractivity (Wildman–Crippen MR) is 282 cm³/mol. The number of carbonyl (C=O) groups excluding carboxylic acids is 2. The largest absolute Gasteiger partial charge is 0.395 e. The van der Waals surface area contributed by atoms with Gasteiger partial charge in [0.15, 0.2) is 0 Å². The number of rotatable bonds is 49. The number of hydrogen-bond acceptors (Lipinski definition) is 7. The van der Waals surface area contributed by atoms with Gasteiger partial charge < -0.3 is 30.1 Å². The molecule has 1 rings (SSSR count). The lowest BCUT2D eigenvalue weighted by Gasteiger charge is -2.33. The third kappa shape index (κ3) is 38.6. The maximum absolute atomic E-state index is 13.2. The van der Waals surface area contributed by atoms with Crippen LogP contribution in [-0.2, 0) is 19.1 Å². The molecule has 2 amide bonds. The summed E-state index contributed by atoms with van der Waals surface area (Å²) in [5.74, 6) is 1.25. The van der Waals surface area contributed by atoms with Crippen molar-refractivity contribution in [1.82, 2.24) is 20.4 Å². The van der Waals surface area contributed by atoms with Crippen LogP contribution in [0.2, 0.25) is 0 Å². The summed E-state index contributed by atoms with van der Waals surface area (Å²) in [4.78, 5) is 31.1. The molecule has 1 unspecified atom stereocenters. The van der Waals surface area contributed by atoms with Gasteiger partial charge in [0.1, 0.15) is 0 Å². The Kier molecular flexibility index (Phi) is 45.1. The number of likely N-dealkylation sites (N-methyl/N-ethyl adjacent to an activating group) is 1. The second kappa shape index (κ2) is 47.4. The van der Waals surface area contributed by atoms with Crippen molar-refractivity contribution in [2.75, 3.05) is 72.7 Å². The fourth-order valence-corrected chi connectivity index (χ4v) is 10.1. The molecule has 392 valence electrons. The molecule has 1 saturated carbocycles. The number of aliphatic hydroxyl groups is 1. The number of amides is 2. The molecule has 0 bridgehead atoms. The van der Waals surface area contributed by atoms with Crippen LogP contribution in [0.5, 0.6) is 0 Å². The minimum Gasteiger partial charge on any atom is -0.395 e. The summed E-state index contributed by atoms with van der Waals surface area (Å²) in [5, 5.41) is 16.5. The number of nitrogens with one attached hydrogen (secondary N) is 2. The average Bonchev–Trinajstić information content (AvgIpc) is 3.61. The first-order chi connectivity index (χ1) is 32.4. The number of nitrogens with zero attached hydrogens (tertiary/aromatic N) is 2. The molecule has 66 heavy (non-hydrogen) atoms. The molecule has 9 heteroatoms. The first-order valence-corrected chi connectivity index (χ1v) is 29.1. The van der Waals surface area contributed by atoms with Gasteiger partial charge in [0, 0.05) is 58.2 Å². The molecule has 0 aromatic rings. The standard InChI is InChI=1S/C57H114N4O5/c1-6-10-14-18-22-28-34-52(35-29-23-19-15-11-7-2)48-58-56(63)40-46-65-51-55(50-60(5)42-43-61(44-45-62)54-38-32-26-27-33-39-54)66-47-41-57(64)59-49-53(36-30-24-20-16-12-8-3)37-31-25-21-17-13-9-4/h52-55,62H,6-51H2,1-5H3,(H,58,63)(H,59,64). The number of carbonyl (C=O) groups is 2. The first kappa shape index (κ1) is 62.8. The van der Waals surface area contributed by atoms with Crippen molar-refractivity contribution < 1.29 is 24.2 Å². The van der Waals surface area contributed by atoms with Crippen molar-refractivity contribution in [3.63, 3.8) is 0 Å². The van der Waals surface area contributed by atoms with Crippen LogP contribution in [-0.4, -0.2) is 112 Å². The summed E-state index contributed by atoms with van der Waals surface area (Å²) in [6, 6.07) is 0.547. The molecule has 0 radical (unpaired) electrons. The molecule has 0 aromatic carbocycles.